The fourth-order valence-electron chi connectivity index (χ4n) is 3.41. The smallest absolute Gasteiger partial charge is 0.336 e. The maximum atomic E-state index is 11.8. The van der Waals surface area contributed by atoms with E-state index in [2.05, 4.69) is 9.97 Å². The van der Waals surface area contributed by atoms with Crippen LogP contribution in [0.25, 0.3) is 33.1 Å². The van der Waals surface area contributed by atoms with E-state index in [0.29, 0.717) is 27.9 Å². The van der Waals surface area contributed by atoms with E-state index in [1.165, 1.54) is 6.07 Å². The number of nitrogens with zero attached hydrogens (tertiary/aromatic N) is 1. The summed E-state index contributed by atoms with van der Waals surface area (Å²) in [5.74, 6) is -1.04. The molecule has 7 heteroatoms. The molecule has 0 radical (unpaired) electrons. The van der Waals surface area contributed by atoms with Gasteiger partial charge in [0.25, 0.3) is 0 Å². The number of H-pyrrole nitrogens is 1. The largest absolute Gasteiger partial charge is 0.768 e. The van der Waals surface area contributed by atoms with Gasteiger partial charge >= 0.3 is 5.97 Å². The molecule has 2 N–H and O–H groups in total. The Morgan fingerprint density at radius 3 is 2.70 bits per heavy atom. The zero-order chi connectivity index (χ0) is 19.3. The average molecular weight is 379 g/mol. The van der Waals surface area contributed by atoms with Crippen LogP contribution in [0.5, 0.6) is 0 Å². The highest BCUT2D eigenvalue weighted by atomic mass is 32.2. The molecule has 1 unspecified atom stereocenters. The van der Waals surface area contributed by atoms with Crippen LogP contribution < -0.4 is 0 Å². The second-order valence-corrected chi connectivity index (χ2v) is 7.39. The number of hydrogen-bond acceptors (Lipinski definition) is 4. The summed E-state index contributed by atoms with van der Waals surface area (Å²) >= 11 is -2.37. The van der Waals surface area contributed by atoms with Crippen molar-refractivity contribution in [3.63, 3.8) is 0 Å². The van der Waals surface area contributed by atoms with Crippen LogP contribution in [0.3, 0.4) is 0 Å². The van der Waals surface area contributed by atoms with Crippen molar-refractivity contribution < 1.29 is 18.7 Å². The second-order valence-electron chi connectivity index (χ2n) is 6.45. The molecule has 136 valence electrons. The van der Waals surface area contributed by atoms with Crippen molar-refractivity contribution in [2.24, 2.45) is 0 Å². The molecule has 0 amide bonds. The van der Waals surface area contributed by atoms with Crippen molar-refractivity contribution in [3.05, 3.63) is 59.3 Å². The molecule has 2 heterocycles. The van der Waals surface area contributed by atoms with Crippen LogP contribution >= 0.6 is 0 Å². The SMILES string of the molecule is Cc1cnc2[nH]c3c(C)c(C(=O)O)cc(-c4cccc(S(=O)[O-])c4)c3c2c1. The molecular formula is C20H15N2O4S-. The summed E-state index contributed by atoms with van der Waals surface area (Å²) in [7, 11) is 0. The molecule has 0 aliphatic carbocycles. The van der Waals surface area contributed by atoms with E-state index in [-0.39, 0.29) is 10.5 Å². The molecule has 0 bridgehead atoms. The zero-order valence-corrected chi connectivity index (χ0v) is 15.4. The number of aryl methyl sites for hydroxylation is 2. The minimum absolute atomic E-state index is 0.146. The fourth-order valence-corrected chi connectivity index (χ4v) is 3.83. The van der Waals surface area contributed by atoms with Crippen LogP contribution in [0.2, 0.25) is 0 Å². The molecule has 0 saturated carbocycles. The first kappa shape index (κ1) is 17.4. The van der Waals surface area contributed by atoms with Crippen LogP contribution in [0.4, 0.5) is 0 Å². The van der Waals surface area contributed by atoms with Gasteiger partial charge in [-0.2, -0.15) is 0 Å². The van der Waals surface area contributed by atoms with E-state index in [1.807, 2.05) is 13.0 Å². The van der Waals surface area contributed by atoms with Crippen molar-refractivity contribution in [2.45, 2.75) is 18.7 Å². The molecule has 1 atom stereocenters. The number of fused-ring (bicyclic) bond motifs is 3. The fraction of sp³-hybridized carbons (Fsp3) is 0.100. The standard InChI is InChI=1S/C20H16N2O4S/c1-10-6-16-17-15(12-4-3-5-13(7-12)27(25)26)8-14(20(23)24)11(2)18(17)22-19(16)21-9-10/h3-9H,1-2H3,(H,21,22)(H,23,24)(H,25,26)/p-1. The van der Waals surface area contributed by atoms with Crippen molar-refractivity contribution in [3.8, 4) is 11.1 Å². The first-order valence-corrected chi connectivity index (χ1v) is 9.29. The third-order valence-electron chi connectivity index (χ3n) is 4.69. The van der Waals surface area contributed by atoms with Gasteiger partial charge in [0.05, 0.1) is 11.1 Å². The lowest BCUT2D eigenvalue weighted by Crippen LogP contribution is -2.01. The molecular weight excluding hydrogens is 364 g/mol. The maximum Gasteiger partial charge on any atom is 0.336 e. The molecule has 6 nitrogen and oxygen atoms in total. The van der Waals surface area contributed by atoms with Crippen LogP contribution in [-0.2, 0) is 11.1 Å². The highest BCUT2D eigenvalue weighted by Gasteiger charge is 2.19. The van der Waals surface area contributed by atoms with E-state index in [1.54, 1.807) is 37.4 Å². The zero-order valence-electron chi connectivity index (χ0n) is 14.6. The average Bonchev–Trinajstić information content (AvgIpc) is 3.01. The van der Waals surface area contributed by atoms with E-state index >= 15 is 0 Å². The number of aromatic carboxylic acids is 1. The first-order valence-electron chi connectivity index (χ1n) is 8.21. The topological polar surface area (TPSA) is 106 Å². The Morgan fingerprint density at radius 1 is 1.22 bits per heavy atom. The number of rotatable bonds is 3. The molecule has 2 aromatic heterocycles. The normalized spacial score (nSPS) is 12.6. The van der Waals surface area contributed by atoms with Gasteiger partial charge in [0.15, 0.2) is 0 Å². The molecule has 4 aromatic rings. The summed E-state index contributed by atoms with van der Waals surface area (Å²) < 4.78 is 22.7. The third kappa shape index (κ3) is 2.81. The van der Waals surface area contributed by atoms with Gasteiger partial charge in [-0.1, -0.05) is 12.1 Å². The lowest BCUT2D eigenvalue weighted by atomic mass is 9.94. The molecule has 0 aliphatic rings. The van der Waals surface area contributed by atoms with Gasteiger partial charge in [-0.05, 0) is 71.4 Å². The van der Waals surface area contributed by atoms with E-state index in [9.17, 15) is 18.7 Å². The van der Waals surface area contributed by atoms with Gasteiger partial charge in [-0.3, -0.25) is 4.21 Å². The van der Waals surface area contributed by atoms with Gasteiger partial charge in [-0.25, -0.2) is 9.78 Å². The van der Waals surface area contributed by atoms with E-state index in [0.717, 1.165) is 16.3 Å². The predicted molar refractivity (Wildman–Crippen MR) is 103 cm³/mol. The number of nitrogens with one attached hydrogen (secondary N) is 1. The number of pyridine rings is 1. The van der Waals surface area contributed by atoms with Gasteiger partial charge in [0, 0.05) is 21.9 Å². The van der Waals surface area contributed by atoms with Gasteiger partial charge in [-0.15, -0.1) is 0 Å². The van der Waals surface area contributed by atoms with Gasteiger partial charge < -0.3 is 14.6 Å². The van der Waals surface area contributed by atoms with Crippen molar-refractivity contribution >= 4 is 39.0 Å². The van der Waals surface area contributed by atoms with E-state index < -0.39 is 17.0 Å². The Bertz CT molecular complexity index is 1260. The van der Waals surface area contributed by atoms with Gasteiger partial charge in [0.2, 0.25) is 0 Å². The first-order chi connectivity index (χ1) is 12.9. The Kier molecular flexibility index (Phi) is 4.05. The summed E-state index contributed by atoms with van der Waals surface area (Å²) in [4.78, 5) is 19.5. The summed E-state index contributed by atoms with van der Waals surface area (Å²) in [6.07, 6.45) is 1.74. The molecule has 4 rings (SSSR count). The van der Waals surface area contributed by atoms with Crippen molar-refractivity contribution in [1.82, 2.24) is 9.97 Å². The molecule has 2 aromatic carbocycles. The number of aromatic amines is 1. The third-order valence-corrected chi connectivity index (χ3v) is 5.33. The number of hydrogen-bond donors (Lipinski definition) is 2. The summed E-state index contributed by atoms with van der Waals surface area (Å²) in [5, 5.41) is 11.3. The number of carbonyl (C=O) groups is 1. The molecule has 27 heavy (non-hydrogen) atoms. The monoisotopic (exact) mass is 379 g/mol. The van der Waals surface area contributed by atoms with Crippen LogP contribution in [0, 0.1) is 13.8 Å². The van der Waals surface area contributed by atoms with Crippen LogP contribution in [-0.4, -0.2) is 29.8 Å². The number of aromatic nitrogens is 2. The van der Waals surface area contributed by atoms with Crippen molar-refractivity contribution in [1.29, 1.82) is 0 Å². The van der Waals surface area contributed by atoms with Crippen LogP contribution in [0.15, 0.2) is 47.5 Å². The highest BCUT2D eigenvalue weighted by molar-refractivity contribution is 7.79. The molecule has 0 spiro atoms. The quantitative estimate of drug-likeness (QED) is 0.525. The second kappa shape index (κ2) is 6.29. The number of carboxylic acid groups (broad SMARTS) is 1. The Balaban J connectivity index is 2.18. The minimum atomic E-state index is -2.37. The van der Waals surface area contributed by atoms with Gasteiger partial charge in [0.1, 0.15) is 5.65 Å². The lowest BCUT2D eigenvalue weighted by molar-refractivity contribution is 0.0696. The molecule has 0 aliphatic heterocycles. The lowest BCUT2D eigenvalue weighted by Gasteiger charge is -2.12. The summed E-state index contributed by atoms with van der Waals surface area (Å²) in [5.41, 5.74) is 4.38. The Labute approximate surface area is 157 Å². The maximum absolute atomic E-state index is 11.8. The Hall–Kier alpha value is -3.03. The summed E-state index contributed by atoms with van der Waals surface area (Å²) in [6, 6.07) is 10.0. The van der Waals surface area contributed by atoms with E-state index in [4.69, 9.17) is 0 Å². The van der Waals surface area contributed by atoms with Crippen LogP contribution in [0.1, 0.15) is 21.5 Å². The molecule has 0 fully saturated rings. The number of carboxylic acids is 1. The highest BCUT2D eigenvalue weighted by Crippen LogP contribution is 2.38. The Morgan fingerprint density at radius 2 is 2.00 bits per heavy atom. The van der Waals surface area contributed by atoms with Crippen molar-refractivity contribution in [2.75, 3.05) is 0 Å². The summed E-state index contributed by atoms with van der Waals surface area (Å²) in [6.45, 7) is 3.69. The minimum Gasteiger partial charge on any atom is -0.768 e. The number of benzene rings is 2. The molecule has 0 saturated heterocycles. The predicted octanol–water partition coefficient (Wildman–Crippen LogP) is 3.94.